The lowest BCUT2D eigenvalue weighted by Crippen LogP contribution is -2.27. The van der Waals surface area contributed by atoms with Gasteiger partial charge in [0.15, 0.2) is 5.65 Å². The van der Waals surface area contributed by atoms with Gasteiger partial charge in [0.05, 0.1) is 23.7 Å². The van der Waals surface area contributed by atoms with E-state index in [4.69, 9.17) is 9.72 Å². The van der Waals surface area contributed by atoms with Crippen LogP contribution < -0.4 is 5.56 Å². The van der Waals surface area contributed by atoms with Gasteiger partial charge in [0.25, 0.3) is 5.56 Å². The molecule has 0 aliphatic heterocycles. The topological polar surface area (TPSA) is 70.5 Å². The molecule has 202 valence electrons. The molecule has 0 atom stereocenters. The van der Waals surface area contributed by atoms with Gasteiger partial charge in [0, 0.05) is 23.4 Å². The van der Waals surface area contributed by atoms with Gasteiger partial charge in [-0.1, -0.05) is 67.8 Å². The minimum absolute atomic E-state index is 0.0332. The monoisotopic (exact) mass is 532 g/mol. The lowest BCUT2D eigenvalue weighted by atomic mass is 9.95. The third-order valence-electron chi connectivity index (χ3n) is 8.49. The van der Waals surface area contributed by atoms with Crippen LogP contribution in [0.1, 0.15) is 60.5 Å². The number of pyridine rings is 1. The second-order valence-corrected chi connectivity index (χ2v) is 10.9. The molecular formula is C33H32N4O3. The van der Waals surface area contributed by atoms with Crippen molar-refractivity contribution in [3.8, 4) is 0 Å². The van der Waals surface area contributed by atoms with Crippen LogP contribution in [0.25, 0.3) is 38.7 Å². The van der Waals surface area contributed by atoms with Crippen molar-refractivity contribution in [2.75, 3.05) is 7.11 Å². The van der Waals surface area contributed by atoms with E-state index in [1.165, 1.54) is 19.1 Å². The summed E-state index contributed by atoms with van der Waals surface area (Å²) in [7, 11) is 1.40. The number of benzene rings is 3. The van der Waals surface area contributed by atoms with Crippen molar-refractivity contribution in [3.63, 3.8) is 0 Å². The molecule has 1 fully saturated rings. The van der Waals surface area contributed by atoms with Gasteiger partial charge in [-0.05, 0) is 55.5 Å². The molecule has 0 saturated heterocycles. The molecule has 0 N–H and O–H groups in total. The fourth-order valence-corrected chi connectivity index (χ4v) is 6.58. The van der Waals surface area contributed by atoms with Crippen LogP contribution in [-0.4, -0.2) is 31.6 Å². The van der Waals surface area contributed by atoms with E-state index in [9.17, 15) is 9.59 Å². The van der Waals surface area contributed by atoms with Gasteiger partial charge in [0.2, 0.25) is 5.78 Å². The summed E-state index contributed by atoms with van der Waals surface area (Å²) in [6.45, 7) is 0.758. The molecule has 0 spiro atoms. The molecule has 3 aromatic heterocycles. The quantitative estimate of drug-likeness (QED) is 0.224. The highest BCUT2D eigenvalue weighted by Gasteiger charge is 2.26. The van der Waals surface area contributed by atoms with Crippen molar-refractivity contribution in [1.29, 1.82) is 0 Å². The number of hydrogen-bond acceptors (Lipinski definition) is 4. The zero-order valence-electron chi connectivity index (χ0n) is 22.7. The summed E-state index contributed by atoms with van der Waals surface area (Å²) in [4.78, 5) is 31.9. The fourth-order valence-electron chi connectivity index (χ4n) is 6.58. The highest BCUT2D eigenvalue weighted by molar-refractivity contribution is 6.05. The third kappa shape index (κ3) is 3.91. The number of carbonyl (C=O) groups is 1. The minimum Gasteiger partial charge on any atom is -0.465 e. The molecule has 1 saturated carbocycles. The smallest absolute Gasteiger partial charge is 0.337 e. The molecule has 0 radical (unpaired) electrons. The molecule has 40 heavy (non-hydrogen) atoms. The van der Waals surface area contributed by atoms with Gasteiger partial charge in [0.1, 0.15) is 5.52 Å². The lowest BCUT2D eigenvalue weighted by molar-refractivity contribution is 0.0601. The van der Waals surface area contributed by atoms with Gasteiger partial charge < -0.3 is 9.30 Å². The molecule has 3 heterocycles. The molecule has 7 nitrogen and oxygen atoms in total. The van der Waals surface area contributed by atoms with Crippen LogP contribution in [0.2, 0.25) is 0 Å². The molecule has 1 aliphatic rings. The summed E-state index contributed by atoms with van der Waals surface area (Å²) in [6.07, 6.45) is 7.26. The Labute approximate surface area is 231 Å². The first kappa shape index (κ1) is 24.6. The first-order valence-electron chi connectivity index (χ1n) is 14.3. The Bertz CT molecular complexity index is 1940. The molecule has 1 aliphatic carbocycles. The third-order valence-corrected chi connectivity index (χ3v) is 8.49. The van der Waals surface area contributed by atoms with Crippen LogP contribution in [-0.2, 0) is 17.7 Å². The Hall–Kier alpha value is -4.39. The molecule has 7 rings (SSSR count). The van der Waals surface area contributed by atoms with E-state index in [-0.39, 0.29) is 17.6 Å². The molecular weight excluding hydrogens is 500 g/mol. The number of fused-ring (bicyclic) bond motifs is 7. The van der Waals surface area contributed by atoms with E-state index in [1.807, 2.05) is 53.1 Å². The number of carbonyl (C=O) groups excluding carboxylic acids is 1. The first-order chi connectivity index (χ1) is 19.7. The first-order valence-corrected chi connectivity index (χ1v) is 14.3. The predicted molar refractivity (Wildman–Crippen MR) is 158 cm³/mol. The maximum Gasteiger partial charge on any atom is 0.337 e. The van der Waals surface area contributed by atoms with Gasteiger partial charge in [-0.2, -0.15) is 0 Å². The summed E-state index contributed by atoms with van der Waals surface area (Å²) in [5, 5.41) is 1.57. The largest absolute Gasteiger partial charge is 0.465 e. The Morgan fingerprint density at radius 2 is 1.68 bits per heavy atom. The number of imidazole rings is 2. The molecule has 0 unspecified atom stereocenters. The molecule has 0 amide bonds. The Morgan fingerprint density at radius 3 is 2.45 bits per heavy atom. The number of esters is 1. The summed E-state index contributed by atoms with van der Waals surface area (Å²) >= 11 is 0. The van der Waals surface area contributed by atoms with Gasteiger partial charge in [-0.15, -0.1) is 0 Å². The number of aromatic nitrogens is 4. The van der Waals surface area contributed by atoms with E-state index in [0.29, 0.717) is 10.9 Å². The summed E-state index contributed by atoms with van der Waals surface area (Å²) < 4.78 is 11.4. The van der Waals surface area contributed by atoms with Crippen molar-refractivity contribution in [3.05, 3.63) is 94.3 Å². The van der Waals surface area contributed by atoms with Crippen molar-refractivity contribution in [1.82, 2.24) is 18.5 Å². The Morgan fingerprint density at radius 1 is 0.925 bits per heavy atom. The second kappa shape index (κ2) is 9.97. The van der Waals surface area contributed by atoms with E-state index in [2.05, 4.69) is 33.2 Å². The normalized spacial score (nSPS) is 14.5. The summed E-state index contributed by atoms with van der Waals surface area (Å²) in [5.41, 5.74) is 5.31. The van der Waals surface area contributed by atoms with Gasteiger partial charge in [-0.3, -0.25) is 13.8 Å². The molecule has 3 aromatic carbocycles. The van der Waals surface area contributed by atoms with Crippen LogP contribution in [0.4, 0.5) is 0 Å². The Balaban J connectivity index is 1.52. The van der Waals surface area contributed by atoms with Crippen molar-refractivity contribution >= 4 is 44.7 Å². The van der Waals surface area contributed by atoms with E-state index >= 15 is 0 Å². The predicted octanol–water partition coefficient (Wildman–Crippen LogP) is 6.68. The van der Waals surface area contributed by atoms with Crippen molar-refractivity contribution in [2.24, 2.45) is 0 Å². The average molecular weight is 533 g/mol. The van der Waals surface area contributed by atoms with Crippen molar-refractivity contribution < 1.29 is 9.53 Å². The van der Waals surface area contributed by atoms with Gasteiger partial charge >= 0.3 is 5.97 Å². The van der Waals surface area contributed by atoms with E-state index in [0.717, 1.165) is 78.4 Å². The van der Waals surface area contributed by atoms with Crippen LogP contribution >= 0.6 is 0 Å². The van der Waals surface area contributed by atoms with E-state index < -0.39 is 0 Å². The number of ether oxygens (including phenoxy) is 1. The maximum absolute atomic E-state index is 14.1. The minimum atomic E-state index is -0.383. The van der Waals surface area contributed by atoms with E-state index in [1.54, 1.807) is 0 Å². The van der Waals surface area contributed by atoms with Crippen LogP contribution in [0, 0.1) is 0 Å². The Kier molecular flexibility index (Phi) is 6.14. The zero-order valence-corrected chi connectivity index (χ0v) is 22.7. The summed E-state index contributed by atoms with van der Waals surface area (Å²) in [5.74, 6) is 0.409. The van der Waals surface area contributed by atoms with Crippen LogP contribution in [0.5, 0.6) is 0 Å². The zero-order chi connectivity index (χ0) is 27.2. The van der Waals surface area contributed by atoms with Crippen LogP contribution in [0.3, 0.4) is 0 Å². The molecule has 7 heteroatoms. The highest BCUT2D eigenvalue weighted by Crippen LogP contribution is 2.35. The van der Waals surface area contributed by atoms with Gasteiger partial charge in [-0.25, -0.2) is 9.78 Å². The number of rotatable bonds is 6. The molecule has 6 aromatic rings. The highest BCUT2D eigenvalue weighted by atomic mass is 16.5. The average Bonchev–Trinajstić information content (AvgIpc) is 3.53. The molecule has 0 bridgehead atoms. The fraction of sp³-hybridized carbons (Fsp3) is 0.303. The van der Waals surface area contributed by atoms with Crippen LogP contribution in [0.15, 0.2) is 77.6 Å². The van der Waals surface area contributed by atoms with Crippen molar-refractivity contribution in [2.45, 2.75) is 57.5 Å². The second-order valence-electron chi connectivity index (χ2n) is 10.9. The SMILES string of the molecule is COC(=O)c1ccc2c(c1)n1c3c(nc1n2CCCc1ccccc1)c1ccccc1c(=O)n3C1CCCCC1. The number of hydrogen-bond donors (Lipinski definition) is 0. The number of methoxy groups -OCH3 is 1. The number of nitrogens with zero attached hydrogens (tertiary/aromatic N) is 4. The number of aryl methyl sites for hydroxylation is 2. The standard InChI is InChI=1S/C33H32N4O3/c1-40-32(39)23-18-19-27-28(21-23)37-30-29(34-33(37)35(27)20-10-13-22-11-4-2-5-12-22)25-16-8-9-17-26(25)31(38)36(30)24-14-6-3-7-15-24/h2,4-5,8-9,11-12,16-19,21,24H,3,6-7,10,13-15,20H2,1H3. The maximum atomic E-state index is 14.1. The summed E-state index contributed by atoms with van der Waals surface area (Å²) in [6, 6.07) is 24.1. The lowest BCUT2D eigenvalue weighted by Gasteiger charge is -2.25.